The van der Waals surface area contributed by atoms with Crippen molar-refractivity contribution in [1.29, 1.82) is 0 Å². The van der Waals surface area contributed by atoms with Crippen molar-refractivity contribution >= 4 is 42.8 Å². The number of nitrogens with zero attached hydrogens (tertiary/aromatic N) is 1. The fourth-order valence-corrected chi connectivity index (χ4v) is 6.93. The minimum absolute atomic E-state index is 0.314. The van der Waals surface area contributed by atoms with Crippen molar-refractivity contribution in [1.82, 2.24) is 5.32 Å². The lowest BCUT2D eigenvalue weighted by Gasteiger charge is -2.35. The second kappa shape index (κ2) is 7.83. The van der Waals surface area contributed by atoms with Crippen molar-refractivity contribution in [2.45, 2.75) is 24.4 Å². The highest BCUT2D eigenvalue weighted by Crippen LogP contribution is 2.49. The molecule has 2 heterocycles. The quantitative estimate of drug-likeness (QED) is 0.344. The van der Waals surface area contributed by atoms with Crippen molar-refractivity contribution in [2.75, 3.05) is 11.9 Å². The van der Waals surface area contributed by atoms with Gasteiger partial charge in [-0.1, -0.05) is 78.9 Å². The first-order chi connectivity index (χ1) is 16.8. The molecule has 1 aliphatic heterocycles. The van der Waals surface area contributed by atoms with Crippen molar-refractivity contribution < 1.29 is 0 Å². The molecule has 0 saturated heterocycles. The fraction of sp³-hybridized carbons (Fsp3) is 0.161. The van der Waals surface area contributed by atoms with E-state index in [0.717, 1.165) is 6.42 Å². The van der Waals surface area contributed by atoms with E-state index in [-0.39, 0.29) is 0 Å². The molecule has 1 N–H and O–H groups in total. The number of thiophene rings is 1. The van der Waals surface area contributed by atoms with Crippen LogP contribution in [0.3, 0.4) is 0 Å². The van der Waals surface area contributed by atoms with Crippen molar-refractivity contribution in [3.8, 4) is 0 Å². The summed E-state index contributed by atoms with van der Waals surface area (Å²) in [5, 5.41) is 6.19. The Bertz CT molecular complexity index is 1550. The van der Waals surface area contributed by atoms with E-state index in [1.807, 2.05) is 11.3 Å². The summed E-state index contributed by atoms with van der Waals surface area (Å²) in [6.07, 6.45) is 15.0. The molecule has 2 nitrogen and oxygen atoms in total. The zero-order valence-electron chi connectivity index (χ0n) is 19.1. The lowest BCUT2D eigenvalue weighted by molar-refractivity contribution is 0.662. The second-order valence-electron chi connectivity index (χ2n) is 9.32. The molecule has 34 heavy (non-hydrogen) atoms. The highest BCUT2D eigenvalue weighted by Gasteiger charge is 2.39. The molecular weight excluding hydrogens is 432 g/mol. The normalized spacial score (nSPS) is 23.2. The van der Waals surface area contributed by atoms with Gasteiger partial charge in [-0.25, -0.2) is 0 Å². The summed E-state index contributed by atoms with van der Waals surface area (Å²) in [7, 11) is 2.06. The average molecular weight is 459 g/mol. The summed E-state index contributed by atoms with van der Waals surface area (Å²) < 4.78 is 2.70. The molecule has 4 aromatic rings. The topological polar surface area (TPSA) is 15.3 Å². The lowest BCUT2D eigenvalue weighted by atomic mass is 9.89. The monoisotopic (exact) mass is 458 g/mol. The van der Waals surface area contributed by atoms with Crippen LogP contribution in [0, 0.1) is 0 Å². The van der Waals surface area contributed by atoms with Crippen molar-refractivity contribution in [3.05, 3.63) is 120 Å². The largest absolute Gasteiger partial charge is 0.333 e. The Hall–Kier alpha value is -3.40. The molecule has 0 fully saturated rings. The van der Waals surface area contributed by atoms with Gasteiger partial charge in [-0.15, -0.1) is 11.3 Å². The number of nitrogens with one attached hydrogen (secondary N) is 1. The summed E-state index contributed by atoms with van der Waals surface area (Å²) in [6.45, 7) is 0. The molecular formula is C31H26N2S. The van der Waals surface area contributed by atoms with Gasteiger partial charge in [0.05, 0.1) is 6.04 Å². The Kier molecular flexibility index (Phi) is 4.61. The molecule has 0 saturated carbocycles. The van der Waals surface area contributed by atoms with Crippen LogP contribution in [0.2, 0.25) is 0 Å². The van der Waals surface area contributed by atoms with Gasteiger partial charge in [0.2, 0.25) is 0 Å². The lowest BCUT2D eigenvalue weighted by Crippen LogP contribution is -2.35. The van der Waals surface area contributed by atoms with Crippen molar-refractivity contribution in [2.24, 2.45) is 0 Å². The molecule has 2 aliphatic carbocycles. The summed E-state index contributed by atoms with van der Waals surface area (Å²) in [6, 6.07) is 25.4. The number of hydrogen-bond donors (Lipinski definition) is 1. The number of benzene rings is 3. The van der Waals surface area contributed by atoms with Crippen LogP contribution >= 0.6 is 11.3 Å². The van der Waals surface area contributed by atoms with E-state index < -0.39 is 0 Å². The van der Waals surface area contributed by atoms with Crippen LogP contribution in [0.25, 0.3) is 25.7 Å². The maximum atomic E-state index is 3.49. The summed E-state index contributed by atoms with van der Waals surface area (Å²) >= 11 is 1.88. The van der Waals surface area contributed by atoms with Gasteiger partial charge < -0.3 is 10.2 Å². The summed E-state index contributed by atoms with van der Waals surface area (Å²) in [4.78, 5) is 2.58. The van der Waals surface area contributed by atoms with Gasteiger partial charge in [-0.05, 0) is 48.9 Å². The van der Waals surface area contributed by atoms with Gasteiger partial charge in [0, 0.05) is 49.1 Å². The molecule has 0 radical (unpaired) electrons. The van der Waals surface area contributed by atoms with E-state index in [9.17, 15) is 0 Å². The molecule has 0 bridgehead atoms. The first-order valence-electron chi connectivity index (χ1n) is 12.1. The predicted octanol–water partition coefficient (Wildman–Crippen LogP) is 7.41. The van der Waals surface area contributed by atoms with Crippen molar-refractivity contribution in [3.63, 3.8) is 0 Å². The fourth-order valence-electron chi connectivity index (χ4n) is 5.84. The highest BCUT2D eigenvalue weighted by molar-refractivity contribution is 7.25. The minimum Gasteiger partial charge on any atom is -0.333 e. The van der Waals surface area contributed by atoms with Gasteiger partial charge >= 0.3 is 0 Å². The molecule has 3 aliphatic rings. The number of anilines is 1. The smallest absolute Gasteiger partial charge is 0.0629 e. The Balaban J connectivity index is 1.40. The van der Waals surface area contributed by atoms with Crippen LogP contribution in [0.15, 0.2) is 109 Å². The van der Waals surface area contributed by atoms with Crippen LogP contribution < -0.4 is 10.2 Å². The first-order valence-corrected chi connectivity index (χ1v) is 12.9. The number of hydrogen-bond acceptors (Lipinski definition) is 3. The number of rotatable bonds is 3. The SMILES string of the molecule is CN[C@H]1C=C(c2ccc3sc4ccccc4c3c2)C(N2c3ccccc3C3C=CC=CC32)=CC1. The first kappa shape index (κ1) is 20.0. The van der Waals surface area contributed by atoms with E-state index in [4.69, 9.17) is 0 Å². The second-order valence-corrected chi connectivity index (χ2v) is 10.4. The maximum Gasteiger partial charge on any atom is 0.0629 e. The molecule has 166 valence electrons. The van der Waals surface area contributed by atoms with E-state index in [1.54, 1.807) is 0 Å². The van der Waals surface area contributed by atoms with Gasteiger partial charge in [0.25, 0.3) is 0 Å². The van der Waals surface area contributed by atoms with E-state index >= 15 is 0 Å². The number of para-hydroxylation sites is 1. The molecule has 0 amide bonds. The minimum atomic E-state index is 0.314. The van der Waals surface area contributed by atoms with Crippen LogP contribution in [0.1, 0.15) is 23.5 Å². The Morgan fingerprint density at radius 3 is 2.65 bits per heavy atom. The summed E-state index contributed by atoms with van der Waals surface area (Å²) in [5.41, 5.74) is 6.68. The molecule has 3 atom stereocenters. The van der Waals surface area contributed by atoms with Crippen LogP contribution in [-0.2, 0) is 0 Å². The molecule has 1 aromatic heterocycles. The Labute approximate surface area is 204 Å². The Morgan fingerprint density at radius 2 is 1.71 bits per heavy atom. The third-order valence-corrected chi connectivity index (χ3v) is 8.64. The van der Waals surface area contributed by atoms with Crippen LogP contribution in [0.5, 0.6) is 0 Å². The average Bonchev–Trinajstić information content (AvgIpc) is 3.44. The zero-order valence-corrected chi connectivity index (χ0v) is 19.9. The summed E-state index contributed by atoms with van der Waals surface area (Å²) in [5.74, 6) is 0.397. The van der Waals surface area contributed by atoms with Gasteiger partial charge in [-0.3, -0.25) is 0 Å². The van der Waals surface area contributed by atoms with E-state index in [2.05, 4.69) is 120 Å². The Morgan fingerprint density at radius 1 is 0.882 bits per heavy atom. The number of fused-ring (bicyclic) bond motifs is 6. The van der Waals surface area contributed by atoms with Crippen LogP contribution in [0.4, 0.5) is 5.69 Å². The molecule has 3 aromatic carbocycles. The number of allylic oxidation sites excluding steroid dienone is 3. The molecule has 0 spiro atoms. The third kappa shape index (κ3) is 2.97. The molecule has 7 rings (SSSR count). The van der Waals surface area contributed by atoms with Crippen LogP contribution in [-0.4, -0.2) is 19.1 Å². The van der Waals surface area contributed by atoms with E-state index in [0.29, 0.717) is 18.0 Å². The molecule has 2 unspecified atom stereocenters. The van der Waals surface area contributed by atoms with Gasteiger partial charge in [0.1, 0.15) is 0 Å². The maximum absolute atomic E-state index is 3.49. The standard InChI is InChI=1S/C31H26N2S/c1-32-21-15-16-29(33-27-11-5-2-8-22(27)23-9-3-6-12-28(23)33)25(19-21)20-14-17-31-26(18-20)24-10-4-7-13-30(24)34-31/h2-14,16-19,21-22,27,32H,15H2,1H3/t21-,22?,27?/m1/s1. The van der Waals surface area contributed by atoms with Gasteiger partial charge in [-0.2, -0.15) is 0 Å². The highest BCUT2D eigenvalue weighted by atomic mass is 32.1. The predicted molar refractivity (Wildman–Crippen MR) is 147 cm³/mol. The number of likely N-dealkylation sites (N-methyl/N-ethyl adjacent to an activating group) is 1. The zero-order chi connectivity index (χ0) is 22.6. The third-order valence-electron chi connectivity index (χ3n) is 7.49. The van der Waals surface area contributed by atoms with E-state index in [1.165, 1.54) is 48.3 Å². The molecule has 3 heteroatoms. The van der Waals surface area contributed by atoms with Gasteiger partial charge in [0.15, 0.2) is 0 Å².